The number of carbonyl (C=O) groups excluding carboxylic acids is 1. The van der Waals surface area contributed by atoms with E-state index in [0.717, 1.165) is 65.3 Å². The van der Waals surface area contributed by atoms with Crippen molar-refractivity contribution in [3.05, 3.63) is 98.7 Å². The summed E-state index contributed by atoms with van der Waals surface area (Å²) < 4.78 is 1.63. The number of aromatic nitrogens is 8. The van der Waals surface area contributed by atoms with E-state index in [2.05, 4.69) is 73.6 Å². The molecule has 0 saturated heterocycles. The van der Waals surface area contributed by atoms with E-state index in [4.69, 9.17) is 92.5 Å². The standard InChI is InChI=1S/2C10H13N3S.C9H9N3S.C8H9N3S.C5H9ClO.C4H6N2.CH4/c2*1-6(2)4-9-12-7(3)8(5-11)10(14)13-9;1-5-7(4-10)9(13)12-8(11-5)6-2-3-6;1-3-7-10-5(2)6(4-9)8(12)11-7;1-4(2)3-5(6)7;1-4(6)2-3-5;/h2*6H,4H2,1-3H3,(H,12,13,14);6H,2-3H2,1H3,(H,11,12,13);3H2,1-2H3,(H,10,11,12);4H,3H2,1-2H3;2H,6H2,1H3;1H4/b;;;;;4-2-;. The van der Waals surface area contributed by atoms with E-state index in [0.29, 0.717) is 76.6 Å². The third-order valence-electron chi connectivity index (χ3n) is 8.41. The topological polar surface area (TPSA) is 277 Å². The molecule has 0 spiro atoms. The lowest BCUT2D eigenvalue weighted by molar-refractivity contribution is -0.112. The van der Waals surface area contributed by atoms with Crippen LogP contribution >= 0.6 is 60.5 Å². The van der Waals surface area contributed by atoms with E-state index >= 15 is 0 Å². The number of nitriles is 5. The predicted molar refractivity (Wildman–Crippen MR) is 275 cm³/mol. The second-order valence-corrected chi connectivity index (χ2v) is 18.1. The zero-order chi connectivity index (χ0) is 50.8. The largest absolute Gasteiger partial charge is 0.402 e. The maximum absolute atomic E-state index is 10.0. The fourth-order valence-electron chi connectivity index (χ4n) is 5.18. The molecular weight excluding hydrogens is 940 g/mol. The average molecular weight is 1000 g/mol. The van der Waals surface area contributed by atoms with Gasteiger partial charge >= 0.3 is 0 Å². The smallest absolute Gasteiger partial charge is 0.221 e. The van der Waals surface area contributed by atoms with E-state index in [9.17, 15) is 4.79 Å². The van der Waals surface area contributed by atoms with Gasteiger partial charge in [-0.2, -0.15) is 26.3 Å². The van der Waals surface area contributed by atoms with Gasteiger partial charge in [0, 0.05) is 66.1 Å². The lowest BCUT2D eigenvalue weighted by atomic mass is 10.1. The van der Waals surface area contributed by atoms with Crippen LogP contribution < -0.4 is 5.73 Å². The van der Waals surface area contributed by atoms with Crippen LogP contribution in [0.1, 0.15) is 156 Å². The zero-order valence-corrected chi connectivity index (χ0v) is 43.7. The minimum Gasteiger partial charge on any atom is -0.402 e. The Labute approximate surface area is 421 Å². The highest BCUT2D eigenvalue weighted by molar-refractivity contribution is 7.72. The van der Waals surface area contributed by atoms with Crippen molar-refractivity contribution in [3.63, 3.8) is 0 Å². The molecule has 4 heterocycles. The molecule has 15 nitrogen and oxygen atoms in total. The molecule has 358 valence electrons. The summed E-state index contributed by atoms with van der Waals surface area (Å²) in [5, 5.41) is 42.6. The average Bonchev–Trinajstić information content (AvgIpc) is 4.04. The van der Waals surface area contributed by atoms with Gasteiger partial charge < -0.3 is 25.7 Å². The Balaban J connectivity index is 0. The zero-order valence-electron chi connectivity index (χ0n) is 39.7. The van der Waals surface area contributed by atoms with Gasteiger partial charge in [-0.05, 0) is 76.8 Å². The van der Waals surface area contributed by atoms with Gasteiger partial charge in [0.2, 0.25) is 5.24 Å². The van der Waals surface area contributed by atoms with Crippen LogP contribution in [-0.4, -0.2) is 45.1 Å². The first kappa shape index (κ1) is 63.2. The molecule has 0 atom stereocenters. The number of carbonyl (C=O) groups is 1. The molecule has 0 bridgehead atoms. The Kier molecular flexibility index (Phi) is 30.9. The van der Waals surface area contributed by atoms with E-state index in [1.165, 1.54) is 18.9 Å². The van der Waals surface area contributed by atoms with Gasteiger partial charge in [0.25, 0.3) is 0 Å². The number of rotatable bonds is 8. The number of H-pyrrole nitrogens is 4. The predicted octanol–water partition coefficient (Wildman–Crippen LogP) is 11.9. The highest BCUT2D eigenvalue weighted by Crippen LogP contribution is 2.38. The maximum Gasteiger partial charge on any atom is 0.221 e. The second kappa shape index (κ2) is 32.8. The summed E-state index contributed by atoms with van der Waals surface area (Å²) in [6, 6.07) is 9.94. The molecule has 20 heteroatoms. The first-order valence-corrected chi connectivity index (χ1v) is 22.9. The number of aryl methyl sites for hydroxylation is 5. The van der Waals surface area contributed by atoms with Crippen molar-refractivity contribution in [2.45, 2.75) is 135 Å². The quantitative estimate of drug-likeness (QED) is 0.0623. The number of nitrogens with one attached hydrogen (secondary N) is 4. The number of nitrogens with two attached hydrogens (primary N) is 1. The molecule has 1 fully saturated rings. The highest BCUT2D eigenvalue weighted by atomic mass is 35.5. The highest BCUT2D eigenvalue weighted by Gasteiger charge is 2.26. The van der Waals surface area contributed by atoms with Crippen LogP contribution in [0, 0.1) is 121 Å². The molecule has 0 unspecified atom stereocenters. The molecule has 5 rings (SSSR count). The summed E-state index contributed by atoms with van der Waals surface area (Å²) in [7, 11) is 0. The Morgan fingerprint density at radius 3 is 1.19 bits per heavy atom. The van der Waals surface area contributed by atoms with Crippen molar-refractivity contribution in [2.75, 3.05) is 0 Å². The normalized spacial score (nSPS) is 10.9. The molecule has 4 aromatic heterocycles. The fourth-order valence-corrected chi connectivity index (χ4v) is 6.71. The van der Waals surface area contributed by atoms with Gasteiger partial charge in [-0.25, -0.2) is 19.9 Å². The number of allylic oxidation sites excluding steroid dienone is 2. The third kappa shape index (κ3) is 25.0. The van der Waals surface area contributed by atoms with Crippen LogP contribution in [0.5, 0.6) is 0 Å². The lowest BCUT2D eigenvalue weighted by Crippen LogP contribution is -2.04. The Morgan fingerprint density at radius 2 is 0.985 bits per heavy atom. The van der Waals surface area contributed by atoms with Crippen LogP contribution in [0.2, 0.25) is 0 Å². The molecule has 1 saturated carbocycles. The summed E-state index contributed by atoms with van der Waals surface area (Å²) in [5.74, 6) is 5.50. The molecule has 67 heavy (non-hydrogen) atoms. The van der Waals surface area contributed by atoms with Crippen molar-refractivity contribution in [1.29, 1.82) is 26.3 Å². The van der Waals surface area contributed by atoms with Crippen molar-refractivity contribution in [1.82, 2.24) is 39.9 Å². The molecule has 0 radical (unpaired) electrons. The molecule has 4 aromatic rings. The Hall–Kier alpha value is -5.85. The number of hydrogen-bond donors (Lipinski definition) is 5. The molecule has 1 aliphatic carbocycles. The third-order valence-corrected chi connectivity index (χ3v) is 9.74. The summed E-state index contributed by atoms with van der Waals surface area (Å²) in [6.07, 6.45) is 6.66. The van der Waals surface area contributed by atoms with E-state index in [1.54, 1.807) is 13.0 Å². The van der Waals surface area contributed by atoms with Crippen LogP contribution in [0.4, 0.5) is 0 Å². The maximum atomic E-state index is 10.0. The van der Waals surface area contributed by atoms with Crippen LogP contribution in [0.3, 0.4) is 0 Å². The van der Waals surface area contributed by atoms with Crippen molar-refractivity contribution in [2.24, 2.45) is 23.5 Å². The molecule has 0 aliphatic heterocycles. The summed E-state index contributed by atoms with van der Waals surface area (Å²) >= 11 is 25.0. The number of halogens is 1. The number of hydrogen-bond acceptors (Lipinski definition) is 15. The van der Waals surface area contributed by atoms with E-state index in [1.807, 2.05) is 66.7 Å². The number of aromatic amines is 4. The lowest BCUT2D eigenvalue weighted by Gasteiger charge is -2.06. The van der Waals surface area contributed by atoms with Gasteiger partial charge in [0.1, 0.15) is 88.4 Å². The summed E-state index contributed by atoms with van der Waals surface area (Å²) in [5.41, 5.74) is 10.8. The minimum absolute atomic E-state index is 0. The molecule has 1 aliphatic rings. The van der Waals surface area contributed by atoms with E-state index in [-0.39, 0.29) is 12.7 Å². The SMILES string of the molecule is C.C/C(N)=C/C#N.CC(C)CC(=O)Cl.CCc1nc(=S)c(C#N)c(C)[nH]1.Cc1[nH]c(C2CC2)nc(=S)c1C#N.Cc1[nH]c(CC(C)C)nc(=S)c1C#N.Cc1[nH]c(CC(C)C)nc(=S)c1C#N. The Bertz CT molecular complexity index is 2680. The van der Waals surface area contributed by atoms with Crippen molar-refractivity contribution in [3.8, 4) is 30.3 Å². The fraction of sp³-hybridized carbons (Fsp3) is 0.489. The van der Waals surface area contributed by atoms with Gasteiger partial charge in [0.15, 0.2) is 0 Å². The first-order valence-electron chi connectivity index (χ1n) is 20.9. The van der Waals surface area contributed by atoms with Crippen LogP contribution in [0.25, 0.3) is 0 Å². The van der Waals surface area contributed by atoms with Crippen LogP contribution in [0.15, 0.2) is 11.8 Å². The second-order valence-electron chi connectivity index (χ2n) is 16.1. The number of nitrogens with zero attached hydrogens (tertiary/aromatic N) is 9. The van der Waals surface area contributed by atoms with E-state index < -0.39 is 0 Å². The summed E-state index contributed by atoms with van der Waals surface area (Å²) in [6.45, 7) is 23.4. The monoisotopic (exact) mass is 1000 g/mol. The van der Waals surface area contributed by atoms with Crippen LogP contribution in [-0.2, 0) is 24.1 Å². The summed E-state index contributed by atoms with van der Waals surface area (Å²) in [4.78, 5) is 39.0. The van der Waals surface area contributed by atoms with Gasteiger partial charge in [-0.1, -0.05) is 105 Å². The molecule has 6 N–H and O–H groups in total. The van der Waals surface area contributed by atoms with Gasteiger partial charge in [-0.15, -0.1) is 0 Å². The minimum atomic E-state index is -0.241. The first-order chi connectivity index (χ1) is 30.9. The molecule has 0 amide bonds. The molecule has 0 aromatic carbocycles. The molecular formula is C47H63ClN14OS4. The van der Waals surface area contributed by atoms with Crippen molar-refractivity contribution < 1.29 is 4.79 Å². The van der Waals surface area contributed by atoms with Gasteiger partial charge in [-0.3, -0.25) is 4.79 Å². The Morgan fingerprint density at radius 1 is 0.657 bits per heavy atom. The van der Waals surface area contributed by atoms with Gasteiger partial charge in [0.05, 0.1) is 6.07 Å². The van der Waals surface area contributed by atoms with Crippen molar-refractivity contribution >= 4 is 65.7 Å².